The Kier molecular flexibility index (Phi) is 4.01. The molecule has 1 aliphatic rings. The Bertz CT molecular complexity index is 471. The van der Waals surface area contributed by atoms with Gasteiger partial charge in [0, 0.05) is 10.0 Å². The van der Waals surface area contributed by atoms with Crippen molar-refractivity contribution < 1.29 is 14.7 Å². The first-order valence-electron chi connectivity index (χ1n) is 5.85. The van der Waals surface area contributed by atoms with Gasteiger partial charge in [0.15, 0.2) is 0 Å². The van der Waals surface area contributed by atoms with Crippen LogP contribution in [0, 0.1) is 5.92 Å². The largest absolute Gasteiger partial charge is 0.480 e. The molecule has 4 nitrogen and oxygen atoms in total. The lowest BCUT2D eigenvalue weighted by Crippen LogP contribution is -2.41. The molecule has 1 aromatic carbocycles. The number of nitrogens with one attached hydrogen (secondary N) is 1. The number of hydrogen-bond acceptors (Lipinski definition) is 2. The van der Waals surface area contributed by atoms with Gasteiger partial charge in [-0.3, -0.25) is 4.79 Å². The second-order valence-electron chi connectivity index (χ2n) is 4.55. The van der Waals surface area contributed by atoms with Gasteiger partial charge in [0.2, 0.25) is 0 Å². The lowest BCUT2D eigenvalue weighted by atomic mass is 10.1. The van der Waals surface area contributed by atoms with Crippen molar-refractivity contribution >= 4 is 27.8 Å². The molecule has 0 unspecified atom stereocenters. The fourth-order valence-corrected chi connectivity index (χ4v) is 2.18. The molecule has 96 valence electrons. The van der Waals surface area contributed by atoms with Gasteiger partial charge >= 0.3 is 5.97 Å². The fraction of sp³-hybridized carbons (Fsp3) is 0.385. The molecule has 0 radical (unpaired) electrons. The van der Waals surface area contributed by atoms with E-state index < -0.39 is 12.0 Å². The molecule has 1 aliphatic carbocycles. The molecule has 0 aliphatic heterocycles. The third-order valence-corrected chi connectivity index (χ3v) is 3.45. The van der Waals surface area contributed by atoms with Crippen LogP contribution in [-0.2, 0) is 4.79 Å². The molecule has 0 aromatic heterocycles. The minimum Gasteiger partial charge on any atom is -0.480 e. The summed E-state index contributed by atoms with van der Waals surface area (Å²) in [6.07, 6.45) is 2.65. The number of rotatable bonds is 5. The third kappa shape index (κ3) is 3.57. The number of benzene rings is 1. The average Bonchev–Trinajstić information content (AvgIpc) is 3.12. The fourth-order valence-electron chi connectivity index (χ4n) is 1.78. The van der Waals surface area contributed by atoms with Gasteiger partial charge in [-0.1, -0.05) is 34.8 Å². The Labute approximate surface area is 114 Å². The second-order valence-corrected chi connectivity index (χ2v) is 5.47. The van der Waals surface area contributed by atoms with Crippen LogP contribution in [0.1, 0.15) is 29.6 Å². The van der Waals surface area contributed by atoms with Gasteiger partial charge in [0.05, 0.1) is 0 Å². The van der Waals surface area contributed by atoms with Crippen LogP contribution in [0.5, 0.6) is 0 Å². The molecule has 0 spiro atoms. The monoisotopic (exact) mass is 311 g/mol. The quantitative estimate of drug-likeness (QED) is 0.877. The number of carbonyl (C=O) groups is 2. The molecule has 2 N–H and O–H groups in total. The first kappa shape index (κ1) is 13.1. The van der Waals surface area contributed by atoms with Crippen molar-refractivity contribution in [3.05, 3.63) is 34.3 Å². The number of carbonyl (C=O) groups excluding carboxylic acids is 1. The molecule has 5 heteroatoms. The summed E-state index contributed by atoms with van der Waals surface area (Å²) in [6, 6.07) is 6.11. The van der Waals surface area contributed by atoms with E-state index in [1.54, 1.807) is 18.2 Å². The molecule has 1 saturated carbocycles. The highest BCUT2D eigenvalue weighted by atomic mass is 79.9. The van der Waals surface area contributed by atoms with Crippen molar-refractivity contribution in [3.8, 4) is 0 Å². The average molecular weight is 312 g/mol. The highest BCUT2D eigenvalue weighted by molar-refractivity contribution is 9.10. The van der Waals surface area contributed by atoms with Crippen LogP contribution in [0.15, 0.2) is 28.7 Å². The van der Waals surface area contributed by atoms with Gasteiger partial charge in [-0.05, 0) is 30.5 Å². The predicted octanol–water partition coefficient (Wildman–Crippen LogP) is 2.43. The summed E-state index contributed by atoms with van der Waals surface area (Å²) in [4.78, 5) is 23.0. The number of amides is 1. The van der Waals surface area contributed by atoms with Gasteiger partial charge in [-0.15, -0.1) is 0 Å². The first-order valence-corrected chi connectivity index (χ1v) is 6.65. The van der Waals surface area contributed by atoms with Gasteiger partial charge in [-0.2, -0.15) is 0 Å². The number of carboxylic acid groups (broad SMARTS) is 1. The SMILES string of the molecule is O=C(N[C@H](CC1CC1)C(=O)O)c1cccc(Br)c1. The van der Waals surface area contributed by atoms with E-state index in [2.05, 4.69) is 21.2 Å². The van der Waals surface area contributed by atoms with E-state index in [-0.39, 0.29) is 5.91 Å². The van der Waals surface area contributed by atoms with Crippen molar-refractivity contribution in [2.75, 3.05) is 0 Å². The van der Waals surface area contributed by atoms with Crippen LogP contribution < -0.4 is 5.32 Å². The Morgan fingerprint density at radius 2 is 2.17 bits per heavy atom. The van der Waals surface area contributed by atoms with Crippen LogP contribution in [0.3, 0.4) is 0 Å². The van der Waals surface area contributed by atoms with E-state index in [1.165, 1.54) is 0 Å². The van der Waals surface area contributed by atoms with E-state index in [1.807, 2.05) is 6.07 Å². The molecule has 1 amide bonds. The van der Waals surface area contributed by atoms with Gasteiger partial charge < -0.3 is 10.4 Å². The topological polar surface area (TPSA) is 66.4 Å². The van der Waals surface area contributed by atoms with E-state index >= 15 is 0 Å². The maximum atomic E-state index is 11.9. The lowest BCUT2D eigenvalue weighted by Gasteiger charge is -2.14. The van der Waals surface area contributed by atoms with Crippen molar-refractivity contribution in [3.63, 3.8) is 0 Å². The highest BCUT2D eigenvalue weighted by Gasteiger charge is 2.30. The Morgan fingerprint density at radius 1 is 1.44 bits per heavy atom. The van der Waals surface area contributed by atoms with Crippen molar-refractivity contribution in [1.82, 2.24) is 5.32 Å². The predicted molar refractivity (Wildman–Crippen MR) is 70.4 cm³/mol. The number of aliphatic carboxylic acids is 1. The van der Waals surface area contributed by atoms with E-state index in [4.69, 9.17) is 5.11 Å². The van der Waals surface area contributed by atoms with E-state index in [0.29, 0.717) is 17.9 Å². The minimum absolute atomic E-state index is 0.343. The summed E-state index contributed by atoms with van der Waals surface area (Å²) in [6.45, 7) is 0. The van der Waals surface area contributed by atoms with Gasteiger partial charge in [0.25, 0.3) is 5.91 Å². The molecular formula is C13H14BrNO3. The number of halogens is 1. The highest BCUT2D eigenvalue weighted by Crippen LogP contribution is 2.33. The molecule has 18 heavy (non-hydrogen) atoms. The van der Waals surface area contributed by atoms with E-state index in [0.717, 1.165) is 17.3 Å². The summed E-state index contributed by atoms with van der Waals surface area (Å²) >= 11 is 3.28. The molecule has 1 atom stereocenters. The normalized spacial score (nSPS) is 16.1. The van der Waals surface area contributed by atoms with Crippen LogP contribution in [0.25, 0.3) is 0 Å². The molecule has 0 bridgehead atoms. The Hall–Kier alpha value is -1.36. The zero-order valence-corrected chi connectivity index (χ0v) is 11.3. The van der Waals surface area contributed by atoms with Gasteiger partial charge in [0.1, 0.15) is 6.04 Å². The number of carboxylic acids is 1. The summed E-state index contributed by atoms with van der Waals surface area (Å²) in [5.74, 6) is -0.858. The van der Waals surface area contributed by atoms with Gasteiger partial charge in [-0.25, -0.2) is 4.79 Å². The zero-order valence-electron chi connectivity index (χ0n) is 9.73. The first-order chi connectivity index (χ1) is 8.56. The van der Waals surface area contributed by atoms with E-state index in [9.17, 15) is 9.59 Å². The summed E-state index contributed by atoms with van der Waals surface area (Å²) in [5.41, 5.74) is 0.464. The van der Waals surface area contributed by atoms with Crippen LogP contribution in [-0.4, -0.2) is 23.0 Å². The maximum absolute atomic E-state index is 11.9. The summed E-state index contributed by atoms with van der Waals surface area (Å²) in [5, 5.41) is 11.6. The Balaban J connectivity index is 2.01. The molecule has 1 fully saturated rings. The Morgan fingerprint density at radius 3 is 2.72 bits per heavy atom. The van der Waals surface area contributed by atoms with Crippen LogP contribution >= 0.6 is 15.9 Å². The van der Waals surface area contributed by atoms with Crippen LogP contribution in [0.2, 0.25) is 0 Å². The minimum atomic E-state index is -0.967. The van der Waals surface area contributed by atoms with Crippen molar-refractivity contribution in [2.24, 2.45) is 5.92 Å². The number of hydrogen-bond donors (Lipinski definition) is 2. The molecule has 0 heterocycles. The van der Waals surface area contributed by atoms with Crippen molar-refractivity contribution in [2.45, 2.75) is 25.3 Å². The van der Waals surface area contributed by atoms with Crippen LogP contribution in [0.4, 0.5) is 0 Å². The second kappa shape index (κ2) is 5.52. The summed E-state index contributed by atoms with van der Waals surface area (Å²) in [7, 11) is 0. The smallest absolute Gasteiger partial charge is 0.326 e. The maximum Gasteiger partial charge on any atom is 0.326 e. The molecule has 2 rings (SSSR count). The standard InChI is InChI=1S/C13H14BrNO3/c14-10-3-1-2-9(7-10)12(16)15-11(13(17)18)6-8-4-5-8/h1-3,7-8,11H,4-6H2,(H,15,16)(H,17,18)/t11-/m1/s1. The van der Waals surface area contributed by atoms with Crippen molar-refractivity contribution in [1.29, 1.82) is 0 Å². The molecular weight excluding hydrogens is 298 g/mol. The third-order valence-electron chi connectivity index (χ3n) is 2.96. The zero-order chi connectivity index (χ0) is 13.1. The lowest BCUT2D eigenvalue weighted by molar-refractivity contribution is -0.139. The summed E-state index contributed by atoms with van der Waals surface area (Å²) < 4.78 is 0.796. The molecule has 1 aromatic rings. The molecule has 0 saturated heterocycles.